The second-order valence-corrected chi connectivity index (χ2v) is 5.54. The van der Waals surface area contributed by atoms with Gasteiger partial charge in [0.2, 0.25) is 0 Å². The Balaban J connectivity index is 1.89. The number of nitrogens with zero attached hydrogens (tertiary/aromatic N) is 1. The van der Waals surface area contributed by atoms with Crippen molar-refractivity contribution in [1.29, 1.82) is 0 Å². The van der Waals surface area contributed by atoms with E-state index in [4.69, 9.17) is 0 Å². The van der Waals surface area contributed by atoms with Gasteiger partial charge in [0.15, 0.2) is 0 Å². The molecule has 1 saturated heterocycles. The SMILES string of the molecule is Cc1ccc(C(=O)N2CCC[C@@H]2c2ccccc2F)cc1. The van der Waals surface area contributed by atoms with Crippen molar-refractivity contribution in [3.63, 3.8) is 0 Å². The molecule has 0 spiro atoms. The van der Waals surface area contributed by atoms with Crippen LogP contribution in [0, 0.1) is 12.7 Å². The van der Waals surface area contributed by atoms with Crippen LogP contribution >= 0.6 is 0 Å². The van der Waals surface area contributed by atoms with Gasteiger partial charge in [0, 0.05) is 17.7 Å². The van der Waals surface area contributed by atoms with Gasteiger partial charge < -0.3 is 4.90 Å². The molecule has 2 aromatic carbocycles. The van der Waals surface area contributed by atoms with Crippen molar-refractivity contribution in [3.05, 3.63) is 71.0 Å². The summed E-state index contributed by atoms with van der Waals surface area (Å²) in [5.74, 6) is -0.244. The summed E-state index contributed by atoms with van der Waals surface area (Å²) in [7, 11) is 0. The monoisotopic (exact) mass is 283 g/mol. The first kappa shape index (κ1) is 13.8. The minimum absolute atomic E-state index is 0.0132. The average Bonchev–Trinajstić information content (AvgIpc) is 2.97. The molecule has 0 aromatic heterocycles. The summed E-state index contributed by atoms with van der Waals surface area (Å²) in [6, 6.07) is 14.1. The van der Waals surface area contributed by atoms with Crippen molar-refractivity contribution < 1.29 is 9.18 Å². The third-order valence-electron chi connectivity index (χ3n) is 4.08. The van der Waals surface area contributed by atoms with Crippen molar-refractivity contribution in [2.45, 2.75) is 25.8 Å². The number of amides is 1. The molecule has 1 heterocycles. The van der Waals surface area contributed by atoms with Crippen LogP contribution in [0.1, 0.15) is 40.4 Å². The predicted octanol–water partition coefficient (Wildman–Crippen LogP) is 4.11. The lowest BCUT2D eigenvalue weighted by Gasteiger charge is -2.25. The third kappa shape index (κ3) is 2.68. The molecule has 0 bridgehead atoms. The molecule has 0 unspecified atom stereocenters. The lowest BCUT2D eigenvalue weighted by Crippen LogP contribution is -2.31. The molecule has 1 aliphatic heterocycles. The summed E-state index contributed by atoms with van der Waals surface area (Å²) in [6.45, 7) is 2.68. The Morgan fingerprint density at radius 2 is 1.86 bits per heavy atom. The molecule has 108 valence electrons. The fourth-order valence-corrected chi connectivity index (χ4v) is 2.94. The van der Waals surface area contributed by atoms with Crippen molar-refractivity contribution >= 4 is 5.91 Å². The number of hydrogen-bond acceptors (Lipinski definition) is 1. The van der Waals surface area contributed by atoms with E-state index in [-0.39, 0.29) is 17.8 Å². The van der Waals surface area contributed by atoms with E-state index in [1.807, 2.05) is 37.3 Å². The van der Waals surface area contributed by atoms with Gasteiger partial charge in [-0.2, -0.15) is 0 Å². The van der Waals surface area contributed by atoms with Gasteiger partial charge >= 0.3 is 0 Å². The molecule has 21 heavy (non-hydrogen) atoms. The number of carbonyl (C=O) groups is 1. The molecular formula is C18H18FNO. The molecule has 2 aromatic rings. The summed E-state index contributed by atoms with van der Waals surface area (Å²) >= 11 is 0. The Morgan fingerprint density at radius 1 is 1.14 bits per heavy atom. The number of aryl methyl sites for hydroxylation is 1. The van der Waals surface area contributed by atoms with Crippen molar-refractivity contribution in [2.24, 2.45) is 0 Å². The van der Waals surface area contributed by atoms with Gasteiger partial charge in [-0.25, -0.2) is 4.39 Å². The molecule has 0 saturated carbocycles. The number of hydrogen-bond donors (Lipinski definition) is 0. The highest BCUT2D eigenvalue weighted by molar-refractivity contribution is 5.94. The minimum atomic E-state index is -0.230. The maximum Gasteiger partial charge on any atom is 0.254 e. The van der Waals surface area contributed by atoms with E-state index in [9.17, 15) is 9.18 Å². The smallest absolute Gasteiger partial charge is 0.254 e. The van der Waals surface area contributed by atoms with Gasteiger partial charge in [0.05, 0.1) is 6.04 Å². The van der Waals surface area contributed by atoms with E-state index in [1.54, 1.807) is 17.0 Å². The number of likely N-dealkylation sites (tertiary alicyclic amines) is 1. The summed E-state index contributed by atoms with van der Waals surface area (Å²) < 4.78 is 14.0. The highest BCUT2D eigenvalue weighted by atomic mass is 19.1. The Labute approximate surface area is 124 Å². The van der Waals surface area contributed by atoms with E-state index in [1.165, 1.54) is 6.07 Å². The van der Waals surface area contributed by atoms with Crippen molar-refractivity contribution in [1.82, 2.24) is 4.90 Å². The molecule has 1 atom stereocenters. The first-order valence-electron chi connectivity index (χ1n) is 7.29. The lowest BCUT2D eigenvalue weighted by molar-refractivity contribution is 0.0733. The zero-order valence-electron chi connectivity index (χ0n) is 12.1. The van der Waals surface area contributed by atoms with Crippen LogP contribution in [0.3, 0.4) is 0 Å². The highest BCUT2D eigenvalue weighted by Crippen LogP contribution is 2.34. The Morgan fingerprint density at radius 3 is 2.57 bits per heavy atom. The largest absolute Gasteiger partial charge is 0.331 e. The fraction of sp³-hybridized carbons (Fsp3) is 0.278. The summed E-state index contributed by atoms with van der Waals surface area (Å²) in [4.78, 5) is 14.5. The van der Waals surface area contributed by atoms with Gasteiger partial charge in [0.1, 0.15) is 5.82 Å². The molecule has 1 aliphatic rings. The Hall–Kier alpha value is -2.16. The van der Waals surface area contributed by atoms with Crippen LogP contribution in [-0.4, -0.2) is 17.4 Å². The van der Waals surface area contributed by atoms with E-state index >= 15 is 0 Å². The molecule has 1 amide bonds. The second-order valence-electron chi connectivity index (χ2n) is 5.54. The number of carbonyl (C=O) groups excluding carboxylic acids is 1. The molecule has 2 nitrogen and oxygen atoms in total. The van der Waals surface area contributed by atoms with Gasteiger partial charge in [-0.15, -0.1) is 0 Å². The molecule has 3 heteroatoms. The molecular weight excluding hydrogens is 265 g/mol. The van der Waals surface area contributed by atoms with Crippen LogP contribution in [0.2, 0.25) is 0 Å². The van der Waals surface area contributed by atoms with Crippen LogP contribution in [0.5, 0.6) is 0 Å². The zero-order valence-corrected chi connectivity index (χ0v) is 12.1. The Bertz CT molecular complexity index is 651. The Kier molecular flexibility index (Phi) is 3.74. The molecule has 1 fully saturated rings. The second kappa shape index (κ2) is 5.68. The summed E-state index contributed by atoms with van der Waals surface area (Å²) in [5.41, 5.74) is 2.41. The number of rotatable bonds is 2. The first-order valence-corrected chi connectivity index (χ1v) is 7.29. The molecule has 0 radical (unpaired) electrons. The highest BCUT2D eigenvalue weighted by Gasteiger charge is 2.31. The first-order chi connectivity index (χ1) is 10.2. The van der Waals surface area contributed by atoms with Crippen LogP contribution in [0.4, 0.5) is 4.39 Å². The van der Waals surface area contributed by atoms with Crippen LogP contribution in [0.15, 0.2) is 48.5 Å². The number of halogens is 1. The molecule has 0 aliphatic carbocycles. The zero-order chi connectivity index (χ0) is 14.8. The van der Waals surface area contributed by atoms with Gasteiger partial charge in [0.25, 0.3) is 5.91 Å². The fourth-order valence-electron chi connectivity index (χ4n) is 2.94. The van der Waals surface area contributed by atoms with Crippen molar-refractivity contribution in [3.8, 4) is 0 Å². The molecule has 0 N–H and O–H groups in total. The quantitative estimate of drug-likeness (QED) is 0.812. The maximum atomic E-state index is 14.0. The minimum Gasteiger partial charge on any atom is -0.331 e. The normalized spacial score (nSPS) is 18.0. The average molecular weight is 283 g/mol. The van der Waals surface area contributed by atoms with E-state index < -0.39 is 0 Å². The van der Waals surface area contributed by atoms with Crippen LogP contribution in [0.25, 0.3) is 0 Å². The third-order valence-corrected chi connectivity index (χ3v) is 4.08. The van der Waals surface area contributed by atoms with Crippen LogP contribution in [-0.2, 0) is 0 Å². The van der Waals surface area contributed by atoms with E-state index in [0.29, 0.717) is 17.7 Å². The summed E-state index contributed by atoms with van der Waals surface area (Å²) in [5, 5.41) is 0. The van der Waals surface area contributed by atoms with Gasteiger partial charge in [-0.05, 0) is 38.0 Å². The standard InChI is InChI=1S/C18H18FNO/c1-13-8-10-14(11-9-13)18(21)20-12-4-7-17(20)15-5-2-3-6-16(15)19/h2-3,5-6,8-11,17H,4,7,12H2,1H3/t17-/m1/s1. The maximum absolute atomic E-state index is 14.0. The van der Waals surface area contributed by atoms with E-state index in [0.717, 1.165) is 18.4 Å². The van der Waals surface area contributed by atoms with Crippen molar-refractivity contribution in [2.75, 3.05) is 6.54 Å². The topological polar surface area (TPSA) is 20.3 Å². The van der Waals surface area contributed by atoms with Gasteiger partial charge in [-0.1, -0.05) is 35.9 Å². The lowest BCUT2D eigenvalue weighted by atomic mass is 10.0. The molecule has 3 rings (SSSR count). The van der Waals surface area contributed by atoms with Gasteiger partial charge in [-0.3, -0.25) is 4.79 Å². The van der Waals surface area contributed by atoms with Crippen LogP contribution < -0.4 is 0 Å². The summed E-state index contributed by atoms with van der Waals surface area (Å²) in [6.07, 6.45) is 1.73. The predicted molar refractivity (Wildman–Crippen MR) is 80.6 cm³/mol. The van der Waals surface area contributed by atoms with E-state index in [2.05, 4.69) is 0 Å². The number of benzene rings is 2.